The minimum Gasteiger partial charge on any atom is -0.497 e. The van der Waals surface area contributed by atoms with Crippen molar-refractivity contribution in [3.63, 3.8) is 0 Å². The summed E-state index contributed by atoms with van der Waals surface area (Å²) in [5.74, 6) is 0.790. The first-order valence-electron chi connectivity index (χ1n) is 12.4. The van der Waals surface area contributed by atoms with Gasteiger partial charge in [0.05, 0.1) is 18.6 Å². The van der Waals surface area contributed by atoms with Crippen LogP contribution in [-0.4, -0.2) is 103 Å². The number of amides is 1. The lowest BCUT2D eigenvalue weighted by Crippen LogP contribution is -2.51. The Bertz CT molecular complexity index is 815. The van der Waals surface area contributed by atoms with Gasteiger partial charge in [-0.3, -0.25) is 9.69 Å². The molecule has 0 aromatic heterocycles. The minimum atomic E-state index is -1.30. The SMILES string of the molecule is COc1cc(C)c(S(=O)N(C)CCOCC(=O)N(C)C2CCC(N3CCNCC3)CC2)c(C)c1. The molecule has 34 heavy (non-hydrogen) atoms. The van der Waals surface area contributed by atoms with Gasteiger partial charge in [0.25, 0.3) is 0 Å². The van der Waals surface area contributed by atoms with Gasteiger partial charge in [-0.2, -0.15) is 0 Å². The molecule has 0 radical (unpaired) electrons. The topological polar surface area (TPSA) is 74.3 Å². The molecule has 1 aliphatic heterocycles. The summed E-state index contributed by atoms with van der Waals surface area (Å²) in [5.41, 5.74) is 1.87. The lowest BCUT2D eigenvalue weighted by Gasteiger charge is -2.41. The van der Waals surface area contributed by atoms with Crippen molar-refractivity contribution in [3.8, 4) is 5.75 Å². The van der Waals surface area contributed by atoms with Gasteiger partial charge in [-0.1, -0.05) is 0 Å². The van der Waals surface area contributed by atoms with Gasteiger partial charge >= 0.3 is 0 Å². The Morgan fingerprint density at radius 2 is 1.74 bits per heavy atom. The van der Waals surface area contributed by atoms with Crippen LogP contribution in [0.15, 0.2) is 17.0 Å². The lowest BCUT2D eigenvalue weighted by molar-refractivity contribution is -0.137. The number of piperazine rings is 1. The van der Waals surface area contributed by atoms with Crippen LogP contribution in [0.3, 0.4) is 0 Å². The minimum absolute atomic E-state index is 0.0243. The normalized spacial score (nSPS) is 22.5. The van der Waals surface area contributed by atoms with Crippen molar-refractivity contribution in [2.24, 2.45) is 0 Å². The third kappa shape index (κ3) is 7.01. The number of nitrogens with one attached hydrogen (secondary N) is 1. The second-order valence-corrected chi connectivity index (χ2v) is 11.0. The monoisotopic (exact) mass is 494 g/mol. The van der Waals surface area contributed by atoms with E-state index in [-0.39, 0.29) is 12.5 Å². The average Bonchev–Trinajstić information content (AvgIpc) is 2.85. The van der Waals surface area contributed by atoms with E-state index < -0.39 is 11.0 Å². The third-order valence-corrected chi connectivity index (χ3v) is 8.92. The smallest absolute Gasteiger partial charge is 0.248 e. The number of methoxy groups -OCH3 is 1. The number of likely N-dealkylation sites (N-methyl/N-ethyl adjacent to an activating group) is 2. The van der Waals surface area contributed by atoms with Crippen LogP contribution in [0.4, 0.5) is 0 Å². The number of rotatable bonds is 10. The van der Waals surface area contributed by atoms with Crippen molar-refractivity contribution in [3.05, 3.63) is 23.3 Å². The predicted molar refractivity (Wildman–Crippen MR) is 136 cm³/mol. The van der Waals surface area contributed by atoms with Crippen molar-refractivity contribution in [1.82, 2.24) is 19.4 Å². The highest BCUT2D eigenvalue weighted by atomic mass is 32.2. The van der Waals surface area contributed by atoms with Crippen LogP contribution in [0.25, 0.3) is 0 Å². The standard InChI is InChI=1S/C25H42N4O4S/c1-19-16-23(32-5)17-20(2)25(19)34(31)27(3)14-15-33-18-24(30)28(4)21-6-8-22(9-7-21)29-12-10-26-11-13-29/h16-17,21-22,26H,6-15,18H2,1-5H3. The summed E-state index contributed by atoms with van der Waals surface area (Å²) >= 11 is 0. The number of aryl methyl sites for hydroxylation is 2. The van der Waals surface area contributed by atoms with E-state index in [0.717, 1.165) is 73.6 Å². The fourth-order valence-electron chi connectivity index (χ4n) is 5.06. The Hall–Kier alpha value is -1.52. The van der Waals surface area contributed by atoms with Crippen LogP contribution in [-0.2, 0) is 20.5 Å². The van der Waals surface area contributed by atoms with E-state index >= 15 is 0 Å². The van der Waals surface area contributed by atoms with Gasteiger partial charge in [0.1, 0.15) is 23.3 Å². The fraction of sp³-hybridized carbons (Fsp3) is 0.720. The first kappa shape index (κ1) is 27.1. The second kappa shape index (κ2) is 13.0. The van der Waals surface area contributed by atoms with Crippen molar-refractivity contribution in [1.29, 1.82) is 0 Å². The van der Waals surface area contributed by atoms with Crippen LogP contribution < -0.4 is 10.1 Å². The van der Waals surface area contributed by atoms with Crippen molar-refractivity contribution < 1.29 is 18.5 Å². The molecule has 1 atom stereocenters. The Morgan fingerprint density at radius 3 is 2.32 bits per heavy atom. The molecule has 1 saturated heterocycles. The van der Waals surface area contributed by atoms with E-state index in [0.29, 0.717) is 25.2 Å². The Morgan fingerprint density at radius 1 is 1.12 bits per heavy atom. The van der Waals surface area contributed by atoms with Crippen LogP contribution in [0.1, 0.15) is 36.8 Å². The molecular formula is C25H42N4O4S. The highest BCUT2D eigenvalue weighted by molar-refractivity contribution is 7.82. The number of nitrogens with zero attached hydrogens (tertiary/aromatic N) is 3. The first-order valence-corrected chi connectivity index (χ1v) is 13.5. The lowest BCUT2D eigenvalue weighted by atomic mass is 9.89. The zero-order chi connectivity index (χ0) is 24.7. The maximum absolute atomic E-state index is 13.0. The second-order valence-electron chi connectivity index (χ2n) is 9.50. The summed E-state index contributed by atoms with van der Waals surface area (Å²) in [4.78, 5) is 18.0. The number of hydrogen-bond donors (Lipinski definition) is 1. The molecule has 8 nitrogen and oxygen atoms in total. The maximum atomic E-state index is 13.0. The number of ether oxygens (including phenoxy) is 2. The molecule has 9 heteroatoms. The highest BCUT2D eigenvalue weighted by Gasteiger charge is 2.30. The number of benzene rings is 1. The van der Waals surface area contributed by atoms with Crippen molar-refractivity contribution in [2.45, 2.75) is 56.5 Å². The van der Waals surface area contributed by atoms with Gasteiger partial charge in [-0.25, -0.2) is 8.51 Å². The largest absolute Gasteiger partial charge is 0.497 e. The van der Waals surface area contributed by atoms with Gasteiger partial charge in [0.15, 0.2) is 0 Å². The van der Waals surface area contributed by atoms with Crippen LogP contribution >= 0.6 is 0 Å². The summed E-state index contributed by atoms with van der Waals surface area (Å²) in [6.07, 6.45) is 4.42. The van der Waals surface area contributed by atoms with Gasteiger partial charge in [-0.15, -0.1) is 0 Å². The van der Waals surface area contributed by atoms with Gasteiger partial charge in [0.2, 0.25) is 5.91 Å². The molecule has 1 N–H and O–H groups in total. The fourth-order valence-corrected chi connectivity index (χ4v) is 6.28. The molecule has 1 aromatic rings. The molecule has 1 heterocycles. The average molecular weight is 495 g/mol. The Balaban J connectivity index is 1.38. The number of carbonyl (C=O) groups excluding carboxylic acids is 1. The summed E-state index contributed by atoms with van der Waals surface area (Å²) in [5, 5.41) is 3.42. The summed E-state index contributed by atoms with van der Waals surface area (Å²) in [7, 11) is 4.04. The molecule has 0 spiro atoms. The molecule has 1 amide bonds. The third-order valence-electron chi connectivity index (χ3n) is 7.18. The zero-order valence-electron chi connectivity index (χ0n) is 21.5. The highest BCUT2D eigenvalue weighted by Crippen LogP contribution is 2.27. The number of carbonyl (C=O) groups is 1. The molecule has 2 aliphatic rings. The first-order chi connectivity index (χ1) is 16.3. The van der Waals surface area contributed by atoms with Crippen LogP contribution in [0.2, 0.25) is 0 Å². The van der Waals surface area contributed by atoms with E-state index in [9.17, 15) is 9.00 Å². The van der Waals surface area contributed by atoms with E-state index in [1.165, 1.54) is 0 Å². The van der Waals surface area contributed by atoms with Gasteiger partial charge in [0, 0.05) is 58.9 Å². The zero-order valence-corrected chi connectivity index (χ0v) is 22.3. The molecule has 1 unspecified atom stereocenters. The van der Waals surface area contributed by atoms with E-state index in [2.05, 4.69) is 10.2 Å². The van der Waals surface area contributed by atoms with Crippen LogP contribution in [0, 0.1) is 13.8 Å². The Labute approximate surface area is 207 Å². The summed E-state index contributed by atoms with van der Waals surface area (Å²) in [6, 6.07) is 4.76. The van der Waals surface area contributed by atoms with E-state index in [4.69, 9.17) is 9.47 Å². The predicted octanol–water partition coefficient (Wildman–Crippen LogP) is 1.96. The van der Waals surface area contributed by atoms with Crippen molar-refractivity contribution >= 4 is 16.9 Å². The molecule has 2 fully saturated rings. The molecule has 1 aliphatic carbocycles. The molecule has 1 saturated carbocycles. The molecule has 1 aromatic carbocycles. The molecule has 192 valence electrons. The summed E-state index contributed by atoms with van der Waals surface area (Å²) in [6.45, 7) is 9.21. The molecule has 3 rings (SSSR count). The van der Waals surface area contributed by atoms with E-state index in [1.54, 1.807) is 11.4 Å². The van der Waals surface area contributed by atoms with Crippen LogP contribution in [0.5, 0.6) is 5.75 Å². The number of hydrogen-bond acceptors (Lipinski definition) is 6. The van der Waals surface area contributed by atoms with Gasteiger partial charge < -0.3 is 19.7 Å². The maximum Gasteiger partial charge on any atom is 0.248 e. The van der Waals surface area contributed by atoms with Crippen molar-refractivity contribution in [2.75, 3.05) is 67.1 Å². The molecule has 0 bridgehead atoms. The quantitative estimate of drug-likeness (QED) is 0.502. The Kier molecular flexibility index (Phi) is 10.3. The summed E-state index contributed by atoms with van der Waals surface area (Å²) < 4.78 is 25.8. The van der Waals surface area contributed by atoms with Gasteiger partial charge in [-0.05, 0) is 62.8 Å². The molecular weight excluding hydrogens is 452 g/mol. The van der Waals surface area contributed by atoms with E-state index in [1.807, 2.05) is 45.0 Å².